The number of hydrogen-bond donors (Lipinski definition) is 0. The molecule has 1 heterocycles. The summed E-state index contributed by atoms with van der Waals surface area (Å²) in [5, 5.41) is 4.04. The lowest BCUT2D eigenvalue weighted by atomic mass is 10.0. The molecule has 0 amide bonds. The molecule has 6 heteroatoms. The molecule has 106 valence electrons. The Hall–Kier alpha value is -1.85. The number of aromatic nitrogens is 2. The van der Waals surface area contributed by atoms with Gasteiger partial charge in [0.2, 0.25) is 0 Å². The summed E-state index contributed by atoms with van der Waals surface area (Å²) in [4.78, 5) is 23.5. The first-order chi connectivity index (χ1) is 9.10. The number of ether oxygens (including phenoxy) is 2. The molecule has 0 unspecified atom stereocenters. The molecule has 19 heavy (non-hydrogen) atoms. The van der Waals surface area contributed by atoms with Gasteiger partial charge in [-0.3, -0.25) is 14.3 Å². The Kier molecular flexibility index (Phi) is 6.05. The zero-order valence-electron chi connectivity index (χ0n) is 11.6. The van der Waals surface area contributed by atoms with Crippen LogP contribution in [-0.2, 0) is 32.5 Å². The van der Waals surface area contributed by atoms with Crippen molar-refractivity contribution in [1.82, 2.24) is 9.78 Å². The Labute approximate surface area is 112 Å². The van der Waals surface area contributed by atoms with E-state index in [2.05, 4.69) is 5.10 Å². The number of hydrogen-bond acceptors (Lipinski definition) is 5. The van der Waals surface area contributed by atoms with Gasteiger partial charge < -0.3 is 9.47 Å². The van der Waals surface area contributed by atoms with Gasteiger partial charge in [0, 0.05) is 18.9 Å². The van der Waals surface area contributed by atoms with Crippen LogP contribution >= 0.6 is 0 Å². The minimum atomic E-state index is -0.866. The van der Waals surface area contributed by atoms with Gasteiger partial charge in [-0.2, -0.15) is 5.10 Å². The monoisotopic (exact) mass is 268 g/mol. The van der Waals surface area contributed by atoms with Gasteiger partial charge in [-0.25, -0.2) is 0 Å². The van der Waals surface area contributed by atoms with Crippen molar-refractivity contribution in [3.63, 3.8) is 0 Å². The lowest BCUT2D eigenvalue weighted by molar-refractivity contribution is -0.161. The Bertz CT molecular complexity index is 410. The molecular formula is C13H20N2O4. The van der Waals surface area contributed by atoms with Gasteiger partial charge >= 0.3 is 11.9 Å². The molecule has 0 atom stereocenters. The molecule has 0 aliphatic rings. The molecule has 1 rings (SSSR count). The zero-order chi connectivity index (χ0) is 14.3. The maximum Gasteiger partial charge on any atom is 0.320 e. The van der Waals surface area contributed by atoms with Crippen LogP contribution in [0.2, 0.25) is 0 Å². The predicted molar refractivity (Wildman–Crippen MR) is 68.3 cm³/mol. The van der Waals surface area contributed by atoms with Crippen molar-refractivity contribution in [3.8, 4) is 0 Å². The number of rotatable bonds is 7. The van der Waals surface area contributed by atoms with E-state index in [1.807, 2.05) is 13.1 Å². The van der Waals surface area contributed by atoms with Crippen molar-refractivity contribution in [2.24, 2.45) is 13.0 Å². The van der Waals surface area contributed by atoms with E-state index in [-0.39, 0.29) is 13.2 Å². The molecule has 1 aromatic heterocycles. The second kappa shape index (κ2) is 7.56. The van der Waals surface area contributed by atoms with Crippen molar-refractivity contribution >= 4 is 11.9 Å². The van der Waals surface area contributed by atoms with Gasteiger partial charge in [-0.05, 0) is 32.8 Å². The molecule has 1 aromatic rings. The summed E-state index contributed by atoms with van der Waals surface area (Å²) in [7, 11) is 1.82. The second-order valence-corrected chi connectivity index (χ2v) is 4.04. The third kappa shape index (κ3) is 4.39. The van der Waals surface area contributed by atoms with E-state index >= 15 is 0 Å². The van der Waals surface area contributed by atoms with Crippen LogP contribution in [0.4, 0.5) is 0 Å². The molecule has 0 saturated carbocycles. The Morgan fingerprint density at radius 2 is 1.84 bits per heavy atom. The highest BCUT2D eigenvalue weighted by Gasteiger charge is 2.29. The summed E-state index contributed by atoms with van der Waals surface area (Å²) in [6, 6.07) is 1.85. The maximum atomic E-state index is 11.8. The normalized spacial score (nSPS) is 10.5. The Morgan fingerprint density at radius 1 is 1.26 bits per heavy atom. The minimum Gasteiger partial charge on any atom is -0.465 e. The lowest BCUT2D eigenvalue weighted by Gasteiger charge is -2.14. The Balaban J connectivity index is 2.66. The average molecular weight is 268 g/mol. The molecule has 6 nitrogen and oxygen atoms in total. The number of aryl methyl sites for hydroxylation is 2. The van der Waals surface area contributed by atoms with Crippen LogP contribution in [-0.4, -0.2) is 34.9 Å². The summed E-state index contributed by atoms with van der Waals surface area (Å²) in [6.45, 7) is 3.92. The number of esters is 2. The van der Waals surface area contributed by atoms with Gasteiger partial charge in [0.1, 0.15) is 0 Å². The van der Waals surface area contributed by atoms with Crippen molar-refractivity contribution in [2.45, 2.75) is 26.7 Å². The van der Waals surface area contributed by atoms with E-state index in [1.165, 1.54) is 0 Å². The van der Waals surface area contributed by atoms with Crippen LogP contribution in [0.15, 0.2) is 12.3 Å². The predicted octanol–water partition coefficient (Wildman–Crippen LogP) is 1.10. The van der Waals surface area contributed by atoms with Gasteiger partial charge in [0.05, 0.1) is 13.2 Å². The summed E-state index contributed by atoms with van der Waals surface area (Å²) in [5.74, 6) is -1.92. The summed E-state index contributed by atoms with van der Waals surface area (Å²) in [6.07, 6.45) is 2.61. The minimum absolute atomic E-state index is 0.250. The van der Waals surface area contributed by atoms with Gasteiger partial charge in [-0.1, -0.05) is 0 Å². The first kappa shape index (κ1) is 15.2. The molecule has 0 saturated heterocycles. The van der Waals surface area contributed by atoms with Crippen LogP contribution in [0.25, 0.3) is 0 Å². The largest absolute Gasteiger partial charge is 0.465 e. The summed E-state index contributed by atoms with van der Waals surface area (Å²) in [5.41, 5.74) is 0.957. The fraction of sp³-hybridized carbons (Fsp3) is 0.615. The number of nitrogens with zero attached hydrogens (tertiary/aromatic N) is 2. The van der Waals surface area contributed by atoms with Gasteiger partial charge in [0.15, 0.2) is 5.92 Å². The van der Waals surface area contributed by atoms with Crippen LogP contribution in [0, 0.1) is 5.92 Å². The SMILES string of the molecule is CCOC(=O)C(CCc1ccnn1C)C(=O)OCC. The van der Waals surface area contributed by atoms with Crippen molar-refractivity contribution < 1.29 is 19.1 Å². The molecule has 0 bridgehead atoms. The van der Waals surface area contributed by atoms with Crippen molar-refractivity contribution in [3.05, 3.63) is 18.0 Å². The van der Waals surface area contributed by atoms with Crippen LogP contribution in [0.1, 0.15) is 26.0 Å². The van der Waals surface area contributed by atoms with Crippen LogP contribution < -0.4 is 0 Å². The molecule has 0 aliphatic heterocycles. The molecule has 0 spiro atoms. The van der Waals surface area contributed by atoms with E-state index in [9.17, 15) is 9.59 Å². The molecule has 0 fully saturated rings. The topological polar surface area (TPSA) is 70.4 Å². The van der Waals surface area contributed by atoms with E-state index < -0.39 is 17.9 Å². The summed E-state index contributed by atoms with van der Waals surface area (Å²) >= 11 is 0. The third-order valence-electron chi connectivity index (χ3n) is 2.75. The number of carbonyl (C=O) groups is 2. The first-order valence-electron chi connectivity index (χ1n) is 6.40. The average Bonchev–Trinajstić information content (AvgIpc) is 2.76. The smallest absolute Gasteiger partial charge is 0.320 e. The van der Waals surface area contributed by atoms with Crippen molar-refractivity contribution in [2.75, 3.05) is 13.2 Å². The molecular weight excluding hydrogens is 248 g/mol. The van der Waals surface area contributed by atoms with Crippen LogP contribution in [0.3, 0.4) is 0 Å². The highest BCUT2D eigenvalue weighted by molar-refractivity contribution is 5.94. The van der Waals surface area contributed by atoms with E-state index in [4.69, 9.17) is 9.47 Å². The fourth-order valence-corrected chi connectivity index (χ4v) is 1.76. The highest BCUT2D eigenvalue weighted by Crippen LogP contribution is 2.13. The third-order valence-corrected chi connectivity index (χ3v) is 2.75. The van der Waals surface area contributed by atoms with E-state index in [0.717, 1.165) is 5.69 Å². The maximum absolute atomic E-state index is 11.8. The molecule has 0 N–H and O–H groups in total. The Morgan fingerprint density at radius 3 is 2.26 bits per heavy atom. The second-order valence-electron chi connectivity index (χ2n) is 4.04. The fourth-order valence-electron chi connectivity index (χ4n) is 1.76. The molecule has 0 aromatic carbocycles. The summed E-state index contributed by atoms with van der Waals surface area (Å²) < 4.78 is 11.5. The van der Waals surface area contributed by atoms with Gasteiger partial charge in [0.25, 0.3) is 0 Å². The van der Waals surface area contributed by atoms with E-state index in [0.29, 0.717) is 12.8 Å². The van der Waals surface area contributed by atoms with E-state index in [1.54, 1.807) is 24.7 Å². The number of carbonyl (C=O) groups excluding carboxylic acids is 2. The van der Waals surface area contributed by atoms with Crippen LogP contribution in [0.5, 0.6) is 0 Å². The first-order valence-corrected chi connectivity index (χ1v) is 6.40. The standard InChI is InChI=1S/C13H20N2O4/c1-4-18-12(16)11(13(17)19-5-2)7-6-10-8-9-14-15(10)3/h8-9,11H,4-7H2,1-3H3. The molecule has 0 radical (unpaired) electrons. The van der Waals surface area contributed by atoms with Crippen molar-refractivity contribution in [1.29, 1.82) is 0 Å². The zero-order valence-corrected chi connectivity index (χ0v) is 11.6. The molecule has 0 aliphatic carbocycles. The van der Waals surface area contributed by atoms with Gasteiger partial charge in [-0.15, -0.1) is 0 Å². The lowest BCUT2D eigenvalue weighted by Crippen LogP contribution is -2.28. The highest BCUT2D eigenvalue weighted by atomic mass is 16.6. The quantitative estimate of drug-likeness (QED) is 0.547.